The minimum Gasteiger partial charge on any atom is -0.521 e. The number of nitrogens with zero attached hydrogens (tertiary/aromatic N) is 1. The van der Waals surface area contributed by atoms with Gasteiger partial charge in [-0.25, -0.2) is 0 Å². The Morgan fingerprint density at radius 1 is 0.558 bits per heavy atom. The largest absolute Gasteiger partial charge is 0.633 e. The molecule has 7 aromatic rings. The first-order valence-electron chi connectivity index (χ1n) is 14.7. The van der Waals surface area contributed by atoms with Crippen molar-refractivity contribution in [2.24, 2.45) is 4.99 Å². The second-order valence-corrected chi connectivity index (χ2v) is 11.1. The Bertz CT molecular complexity index is 2100. The molecule has 0 radical (unpaired) electrons. The van der Waals surface area contributed by atoms with Crippen LogP contribution in [0.4, 0.5) is 0 Å². The van der Waals surface area contributed by atoms with Gasteiger partial charge in [-0.3, -0.25) is 4.99 Å². The Kier molecular flexibility index (Phi) is 6.19. The monoisotopic (exact) mass is 553 g/mol. The smallest absolute Gasteiger partial charge is 0.521 e. The second kappa shape index (κ2) is 10.5. The van der Waals surface area contributed by atoms with Gasteiger partial charge in [0.2, 0.25) is 0 Å². The van der Waals surface area contributed by atoms with Gasteiger partial charge in [0.05, 0.1) is 6.04 Å². The molecule has 0 fully saturated rings. The molecule has 0 saturated heterocycles. The molecule has 0 aromatic heterocycles. The van der Waals surface area contributed by atoms with Crippen molar-refractivity contribution in [3.8, 4) is 22.6 Å². The summed E-state index contributed by atoms with van der Waals surface area (Å²) in [6.45, 7) is 2.13. The molecule has 1 heterocycles. The zero-order valence-electron chi connectivity index (χ0n) is 23.8. The Morgan fingerprint density at radius 2 is 1.09 bits per heavy atom. The maximum atomic E-state index is 6.78. The molecule has 0 N–H and O–H groups in total. The van der Waals surface area contributed by atoms with Gasteiger partial charge < -0.3 is 9.31 Å². The van der Waals surface area contributed by atoms with Crippen molar-refractivity contribution in [2.45, 2.75) is 13.0 Å². The van der Waals surface area contributed by atoms with E-state index in [1.165, 1.54) is 16.3 Å². The Labute approximate surface area is 251 Å². The lowest BCUT2D eigenvalue weighted by atomic mass is 9.75. The van der Waals surface area contributed by atoms with Crippen LogP contribution in [-0.2, 0) is 0 Å². The molecular weight excluding hydrogens is 525 g/mol. The van der Waals surface area contributed by atoms with E-state index in [9.17, 15) is 0 Å². The van der Waals surface area contributed by atoms with Crippen molar-refractivity contribution in [1.82, 2.24) is 0 Å². The van der Waals surface area contributed by atoms with Crippen LogP contribution in [0.1, 0.15) is 24.1 Å². The van der Waals surface area contributed by atoms with Crippen LogP contribution >= 0.6 is 0 Å². The first-order valence-corrected chi connectivity index (χ1v) is 14.7. The third-order valence-corrected chi connectivity index (χ3v) is 8.44. The van der Waals surface area contributed by atoms with Crippen LogP contribution in [0.15, 0.2) is 145 Å². The first-order chi connectivity index (χ1) is 21.2. The summed E-state index contributed by atoms with van der Waals surface area (Å²) >= 11 is 0. The molecule has 0 amide bonds. The lowest BCUT2D eigenvalue weighted by Gasteiger charge is -2.17. The van der Waals surface area contributed by atoms with Crippen LogP contribution in [-0.4, -0.2) is 13.3 Å². The van der Waals surface area contributed by atoms with E-state index < -0.39 is 7.12 Å². The molecule has 7 aromatic carbocycles. The molecule has 4 heteroatoms. The van der Waals surface area contributed by atoms with Crippen LogP contribution in [0.5, 0.6) is 11.5 Å². The molecular formula is C39H28BNO2. The van der Waals surface area contributed by atoms with E-state index >= 15 is 0 Å². The average Bonchev–Trinajstić information content (AvgIpc) is 3.24. The van der Waals surface area contributed by atoms with Crippen molar-refractivity contribution < 1.29 is 9.31 Å². The molecule has 0 saturated carbocycles. The van der Waals surface area contributed by atoms with Crippen molar-refractivity contribution in [2.75, 3.05) is 0 Å². The van der Waals surface area contributed by atoms with Crippen molar-refractivity contribution in [1.29, 1.82) is 0 Å². The molecule has 204 valence electrons. The topological polar surface area (TPSA) is 30.8 Å². The Hall–Kier alpha value is -5.35. The second-order valence-electron chi connectivity index (χ2n) is 11.1. The quantitative estimate of drug-likeness (QED) is 0.161. The third-order valence-electron chi connectivity index (χ3n) is 8.44. The van der Waals surface area contributed by atoms with E-state index in [0.717, 1.165) is 55.2 Å². The number of benzene rings is 7. The van der Waals surface area contributed by atoms with Gasteiger partial charge in [0.25, 0.3) is 0 Å². The van der Waals surface area contributed by atoms with Crippen LogP contribution in [0, 0.1) is 0 Å². The molecule has 1 aliphatic rings. The third kappa shape index (κ3) is 4.52. The summed E-state index contributed by atoms with van der Waals surface area (Å²) in [5.41, 5.74) is 5.19. The average molecular weight is 553 g/mol. The van der Waals surface area contributed by atoms with Gasteiger partial charge in [0.1, 0.15) is 11.5 Å². The minimum absolute atomic E-state index is 0.00665. The highest BCUT2D eigenvalue weighted by atomic mass is 16.6. The summed E-state index contributed by atoms with van der Waals surface area (Å²) in [7, 11) is -0.652. The summed E-state index contributed by atoms with van der Waals surface area (Å²) in [6.07, 6.45) is 1.95. The summed E-state index contributed by atoms with van der Waals surface area (Å²) in [6, 6.07) is 48.5. The fourth-order valence-corrected chi connectivity index (χ4v) is 6.19. The van der Waals surface area contributed by atoms with Crippen LogP contribution in [0.2, 0.25) is 0 Å². The van der Waals surface area contributed by atoms with Gasteiger partial charge in [0, 0.05) is 22.8 Å². The standard InChI is InChI=1S/C39H28BNO2/c1-26(30-19-18-27-10-2-3-13-31(27)24-30)41-25-32-14-6-9-17-35(32)40-42-36-22-20-28-11-4-7-15-33(28)38(36)39-34-16-8-5-12-29(34)21-23-37(39)43-40/h2-26H,1H3/t26-/m0/s1. The highest BCUT2D eigenvalue weighted by Crippen LogP contribution is 2.47. The van der Waals surface area contributed by atoms with Crippen molar-refractivity contribution in [3.05, 3.63) is 151 Å². The zero-order valence-corrected chi connectivity index (χ0v) is 23.8. The summed E-state index contributed by atoms with van der Waals surface area (Å²) < 4.78 is 13.6. The van der Waals surface area contributed by atoms with Gasteiger partial charge in [-0.2, -0.15) is 0 Å². The van der Waals surface area contributed by atoms with Crippen LogP contribution < -0.4 is 14.8 Å². The van der Waals surface area contributed by atoms with E-state index in [-0.39, 0.29) is 6.04 Å². The normalized spacial score (nSPS) is 13.4. The molecule has 0 aliphatic carbocycles. The van der Waals surface area contributed by atoms with Crippen LogP contribution in [0.25, 0.3) is 43.4 Å². The van der Waals surface area contributed by atoms with Gasteiger partial charge >= 0.3 is 7.12 Å². The molecule has 3 nitrogen and oxygen atoms in total. The fraction of sp³-hybridized carbons (Fsp3) is 0.0513. The van der Waals surface area contributed by atoms with Gasteiger partial charge in [-0.1, -0.05) is 121 Å². The van der Waals surface area contributed by atoms with E-state index in [4.69, 9.17) is 14.3 Å². The number of rotatable bonds is 4. The van der Waals surface area contributed by atoms with E-state index in [1.54, 1.807) is 0 Å². The number of aliphatic imine (C=N–C) groups is 1. The lowest BCUT2D eigenvalue weighted by Crippen LogP contribution is -2.44. The zero-order chi connectivity index (χ0) is 28.8. The van der Waals surface area contributed by atoms with E-state index in [1.807, 2.05) is 18.3 Å². The molecule has 1 atom stereocenters. The minimum atomic E-state index is -0.652. The number of fused-ring (bicyclic) bond motifs is 8. The molecule has 1 aliphatic heterocycles. The van der Waals surface area contributed by atoms with E-state index in [2.05, 4.69) is 134 Å². The van der Waals surface area contributed by atoms with E-state index in [0.29, 0.717) is 0 Å². The first kappa shape index (κ1) is 25.4. The molecule has 0 bridgehead atoms. The predicted octanol–water partition coefficient (Wildman–Crippen LogP) is 9.16. The summed E-state index contributed by atoms with van der Waals surface area (Å²) in [4.78, 5) is 4.98. The maximum Gasteiger partial charge on any atom is 0.633 e. The Morgan fingerprint density at radius 3 is 1.77 bits per heavy atom. The summed E-state index contributed by atoms with van der Waals surface area (Å²) in [5.74, 6) is 1.60. The predicted molar refractivity (Wildman–Crippen MR) is 180 cm³/mol. The maximum absolute atomic E-state index is 6.78. The van der Waals surface area contributed by atoms with Crippen molar-refractivity contribution >= 4 is 51.1 Å². The van der Waals surface area contributed by atoms with Gasteiger partial charge in [-0.15, -0.1) is 0 Å². The molecule has 8 rings (SSSR count). The lowest BCUT2D eigenvalue weighted by molar-refractivity contribution is 0.448. The van der Waals surface area contributed by atoms with Gasteiger partial charge in [-0.05, 0) is 68.6 Å². The molecule has 0 unspecified atom stereocenters. The van der Waals surface area contributed by atoms with Gasteiger partial charge in [0.15, 0.2) is 0 Å². The van der Waals surface area contributed by atoms with Crippen LogP contribution in [0.3, 0.4) is 0 Å². The summed E-state index contributed by atoms with van der Waals surface area (Å²) in [5, 5.41) is 7.06. The number of hydrogen-bond acceptors (Lipinski definition) is 3. The fourth-order valence-electron chi connectivity index (χ4n) is 6.19. The SMILES string of the molecule is C[C@H](N=Cc1ccccc1B1Oc2ccc3ccccc3c2-c2c(ccc3ccccc23)O1)c1ccc2ccccc2c1. The molecule has 43 heavy (non-hydrogen) atoms. The highest BCUT2D eigenvalue weighted by Gasteiger charge is 2.34. The Balaban J connectivity index is 1.22. The molecule has 0 spiro atoms. The van der Waals surface area contributed by atoms with Crippen molar-refractivity contribution in [3.63, 3.8) is 0 Å². The number of hydrogen-bond donors (Lipinski definition) is 0. The highest BCUT2D eigenvalue weighted by molar-refractivity contribution is 6.64.